The van der Waals surface area contributed by atoms with Gasteiger partial charge in [0, 0.05) is 16.8 Å². The molecule has 0 aliphatic carbocycles. The van der Waals surface area contributed by atoms with Gasteiger partial charge in [0.15, 0.2) is 0 Å². The fourth-order valence-electron chi connectivity index (χ4n) is 0.960. The summed E-state index contributed by atoms with van der Waals surface area (Å²) in [5, 5.41) is 6.19. The van der Waals surface area contributed by atoms with E-state index < -0.39 is 0 Å². The molecule has 0 saturated heterocycles. The Kier molecular flexibility index (Phi) is 4.66. The van der Waals surface area contributed by atoms with E-state index in [1.54, 1.807) is 11.3 Å². The van der Waals surface area contributed by atoms with Gasteiger partial charge in [0.25, 0.3) is 0 Å². The topological polar surface area (TPSA) is 12.0 Å². The number of nitrogens with one attached hydrogen (secondary N) is 1. The number of rotatable bonds is 5. The highest BCUT2D eigenvalue weighted by Crippen LogP contribution is 2.18. The number of unbranched alkanes of at least 4 members (excludes halogenated alkanes) is 1. The molecule has 0 saturated carbocycles. The third-order valence-corrected chi connectivity index (χ3v) is 2.91. The minimum absolute atomic E-state index is 0.854. The van der Waals surface area contributed by atoms with Gasteiger partial charge in [-0.3, -0.25) is 0 Å². The molecule has 0 aromatic carbocycles. The van der Waals surface area contributed by atoms with E-state index in [9.17, 15) is 0 Å². The predicted octanol–water partition coefficient (Wildman–Crippen LogP) is 3.29. The molecule has 1 aromatic rings. The highest BCUT2D eigenvalue weighted by molar-refractivity contribution is 7.10. The second-order valence-electron chi connectivity index (χ2n) is 2.76. The molecule has 0 aliphatic rings. The van der Waals surface area contributed by atoms with Crippen LogP contribution in [0.3, 0.4) is 0 Å². The van der Waals surface area contributed by atoms with Crippen LogP contribution < -0.4 is 5.32 Å². The number of halogens is 1. The molecule has 0 fully saturated rings. The van der Waals surface area contributed by atoms with E-state index in [-0.39, 0.29) is 0 Å². The summed E-state index contributed by atoms with van der Waals surface area (Å²) in [5.74, 6) is 0. The Morgan fingerprint density at radius 1 is 1.58 bits per heavy atom. The van der Waals surface area contributed by atoms with Crippen molar-refractivity contribution in [2.45, 2.75) is 26.3 Å². The summed E-state index contributed by atoms with van der Waals surface area (Å²) in [6.45, 7) is 4.26. The molecule has 12 heavy (non-hydrogen) atoms. The lowest BCUT2D eigenvalue weighted by molar-refractivity contribution is 0.646. The van der Waals surface area contributed by atoms with Gasteiger partial charge < -0.3 is 5.32 Å². The Balaban J connectivity index is 2.15. The minimum atomic E-state index is 0.854. The Hall–Kier alpha value is -0.0500. The molecule has 0 aliphatic heterocycles. The van der Waals surface area contributed by atoms with Gasteiger partial charge in [-0.05, 0) is 19.0 Å². The summed E-state index contributed by atoms with van der Waals surface area (Å²) in [5.41, 5.74) is 0. The maximum absolute atomic E-state index is 5.78. The summed E-state index contributed by atoms with van der Waals surface area (Å²) < 4.78 is 0. The summed E-state index contributed by atoms with van der Waals surface area (Å²) in [7, 11) is 0. The molecule has 0 bridgehead atoms. The molecule has 0 spiro atoms. The maximum Gasteiger partial charge on any atom is 0.0516 e. The van der Waals surface area contributed by atoms with Gasteiger partial charge >= 0.3 is 0 Å². The summed E-state index contributed by atoms with van der Waals surface area (Å²) in [6.07, 6.45) is 2.50. The molecule has 0 radical (unpaired) electrons. The first-order chi connectivity index (χ1) is 5.83. The average Bonchev–Trinajstić information content (AvgIpc) is 2.45. The van der Waals surface area contributed by atoms with E-state index >= 15 is 0 Å². The van der Waals surface area contributed by atoms with Crippen molar-refractivity contribution >= 4 is 22.9 Å². The van der Waals surface area contributed by atoms with Crippen LogP contribution in [0.5, 0.6) is 0 Å². The highest BCUT2D eigenvalue weighted by Gasteiger charge is 1.95. The van der Waals surface area contributed by atoms with Crippen molar-refractivity contribution in [3.63, 3.8) is 0 Å². The smallest absolute Gasteiger partial charge is 0.0516 e. The lowest BCUT2D eigenvalue weighted by atomic mass is 10.3. The zero-order valence-electron chi connectivity index (χ0n) is 7.27. The molecule has 1 N–H and O–H groups in total. The largest absolute Gasteiger partial charge is 0.312 e. The zero-order chi connectivity index (χ0) is 8.81. The number of thiophene rings is 1. The van der Waals surface area contributed by atoms with Gasteiger partial charge in [0.1, 0.15) is 0 Å². The lowest BCUT2D eigenvalue weighted by Gasteiger charge is -1.99. The van der Waals surface area contributed by atoms with E-state index in [2.05, 4.69) is 12.2 Å². The Morgan fingerprint density at radius 2 is 2.42 bits per heavy atom. The third kappa shape index (κ3) is 3.57. The second kappa shape index (κ2) is 5.57. The van der Waals surface area contributed by atoms with Gasteiger partial charge in [-0.25, -0.2) is 0 Å². The fourth-order valence-corrected chi connectivity index (χ4v) is 2.00. The lowest BCUT2D eigenvalue weighted by Crippen LogP contribution is -2.13. The van der Waals surface area contributed by atoms with Gasteiger partial charge in [-0.1, -0.05) is 24.9 Å². The predicted molar refractivity (Wildman–Crippen MR) is 55.9 cm³/mol. The van der Waals surface area contributed by atoms with Gasteiger partial charge in [0.2, 0.25) is 0 Å². The first-order valence-corrected chi connectivity index (χ1v) is 5.52. The summed E-state index contributed by atoms with van der Waals surface area (Å²) >= 11 is 7.50. The average molecular weight is 204 g/mol. The van der Waals surface area contributed by atoms with Crippen molar-refractivity contribution in [2.24, 2.45) is 0 Å². The number of hydrogen-bond donors (Lipinski definition) is 1. The van der Waals surface area contributed by atoms with Crippen LogP contribution in [0.2, 0.25) is 5.02 Å². The van der Waals surface area contributed by atoms with Crippen molar-refractivity contribution in [1.29, 1.82) is 0 Å². The van der Waals surface area contributed by atoms with E-state index in [1.165, 1.54) is 17.7 Å². The second-order valence-corrected chi connectivity index (χ2v) is 4.19. The van der Waals surface area contributed by atoms with Gasteiger partial charge in [-0.15, -0.1) is 11.3 Å². The van der Waals surface area contributed by atoms with Crippen LogP contribution in [0.25, 0.3) is 0 Å². The number of hydrogen-bond acceptors (Lipinski definition) is 2. The molecule has 1 nitrogen and oxygen atoms in total. The molecule has 0 unspecified atom stereocenters. The van der Waals surface area contributed by atoms with Gasteiger partial charge in [0.05, 0.1) is 5.02 Å². The van der Waals surface area contributed by atoms with Crippen LogP contribution in [0, 0.1) is 0 Å². The van der Waals surface area contributed by atoms with Crippen LogP contribution >= 0.6 is 22.9 Å². The van der Waals surface area contributed by atoms with E-state index in [0.29, 0.717) is 0 Å². The molecule has 68 valence electrons. The minimum Gasteiger partial charge on any atom is -0.312 e. The third-order valence-electron chi connectivity index (χ3n) is 1.63. The fraction of sp³-hybridized carbons (Fsp3) is 0.556. The Labute approximate surface area is 82.7 Å². The maximum atomic E-state index is 5.78. The van der Waals surface area contributed by atoms with E-state index in [4.69, 9.17) is 11.6 Å². The van der Waals surface area contributed by atoms with Crippen molar-refractivity contribution < 1.29 is 0 Å². The monoisotopic (exact) mass is 203 g/mol. The van der Waals surface area contributed by atoms with Crippen LogP contribution in [0.15, 0.2) is 11.4 Å². The molecule has 1 aromatic heterocycles. The van der Waals surface area contributed by atoms with E-state index in [1.807, 2.05) is 11.4 Å². The van der Waals surface area contributed by atoms with Crippen LogP contribution in [0.1, 0.15) is 24.6 Å². The Morgan fingerprint density at radius 3 is 3.00 bits per heavy atom. The molecule has 0 atom stereocenters. The summed E-state index contributed by atoms with van der Waals surface area (Å²) in [4.78, 5) is 1.32. The molecule has 1 rings (SSSR count). The summed E-state index contributed by atoms with van der Waals surface area (Å²) in [6, 6.07) is 2.02. The van der Waals surface area contributed by atoms with Crippen molar-refractivity contribution in [3.8, 4) is 0 Å². The molecule has 3 heteroatoms. The van der Waals surface area contributed by atoms with Crippen LogP contribution in [-0.2, 0) is 6.54 Å². The van der Waals surface area contributed by atoms with Crippen molar-refractivity contribution in [2.75, 3.05) is 6.54 Å². The highest BCUT2D eigenvalue weighted by atomic mass is 35.5. The Bertz CT molecular complexity index is 222. The molecular formula is C9H14ClNS. The van der Waals surface area contributed by atoms with Crippen LogP contribution in [-0.4, -0.2) is 6.54 Å². The first-order valence-electron chi connectivity index (χ1n) is 4.26. The normalized spacial score (nSPS) is 10.5. The molecule has 0 amide bonds. The zero-order valence-corrected chi connectivity index (χ0v) is 8.84. The van der Waals surface area contributed by atoms with Crippen molar-refractivity contribution in [1.82, 2.24) is 5.32 Å². The molecular weight excluding hydrogens is 190 g/mol. The van der Waals surface area contributed by atoms with Crippen molar-refractivity contribution in [3.05, 3.63) is 21.3 Å². The van der Waals surface area contributed by atoms with E-state index in [0.717, 1.165) is 18.1 Å². The van der Waals surface area contributed by atoms with Gasteiger partial charge in [-0.2, -0.15) is 0 Å². The standard InChI is InChI=1S/C9H14ClNS/c1-2-3-4-11-6-9-5-8(10)7-12-9/h5,7,11H,2-4,6H2,1H3. The quantitative estimate of drug-likeness (QED) is 0.725. The first kappa shape index (κ1) is 10.0. The van der Waals surface area contributed by atoms with Crippen LogP contribution in [0.4, 0.5) is 0 Å². The SMILES string of the molecule is CCCCNCc1cc(Cl)cs1. The molecule has 1 heterocycles.